The van der Waals surface area contributed by atoms with E-state index in [1.165, 1.54) is 17.7 Å². The Bertz CT molecular complexity index is 955. The fourth-order valence-corrected chi connectivity index (χ4v) is 5.40. The summed E-state index contributed by atoms with van der Waals surface area (Å²) in [5.74, 6) is 0.566. The first-order valence-corrected chi connectivity index (χ1v) is 11.0. The number of amides is 1. The molecule has 1 aliphatic carbocycles. The predicted molar refractivity (Wildman–Crippen MR) is 111 cm³/mol. The van der Waals surface area contributed by atoms with E-state index < -0.39 is 11.7 Å². The zero-order valence-electron chi connectivity index (χ0n) is 17.3. The summed E-state index contributed by atoms with van der Waals surface area (Å²) in [6, 6.07) is 13.3. The average Bonchev–Trinajstić information content (AvgIpc) is 3.20. The van der Waals surface area contributed by atoms with Crippen molar-refractivity contribution >= 4 is 5.91 Å². The fourth-order valence-electron chi connectivity index (χ4n) is 5.40. The minimum Gasteiger partial charge on any atom is -0.368 e. The Morgan fingerprint density at radius 3 is 2.39 bits per heavy atom. The summed E-state index contributed by atoms with van der Waals surface area (Å²) in [7, 11) is 0. The molecule has 5 rings (SSSR count). The van der Waals surface area contributed by atoms with Crippen molar-refractivity contribution in [3.8, 4) is 11.1 Å². The van der Waals surface area contributed by atoms with Crippen LogP contribution in [0.2, 0.25) is 0 Å². The van der Waals surface area contributed by atoms with Gasteiger partial charge in [0.15, 0.2) is 0 Å². The van der Waals surface area contributed by atoms with Gasteiger partial charge in [-0.3, -0.25) is 4.79 Å². The summed E-state index contributed by atoms with van der Waals surface area (Å²) < 4.78 is 45.6. The van der Waals surface area contributed by atoms with Gasteiger partial charge in [-0.25, -0.2) is 0 Å². The molecule has 164 valence electrons. The van der Waals surface area contributed by atoms with E-state index in [2.05, 4.69) is 0 Å². The normalized spacial score (nSPS) is 25.1. The summed E-state index contributed by atoms with van der Waals surface area (Å²) in [4.78, 5) is 14.5. The van der Waals surface area contributed by atoms with Crippen molar-refractivity contribution in [2.45, 2.75) is 50.3 Å². The molecular formula is C25H26F3NO2. The van der Waals surface area contributed by atoms with Crippen molar-refractivity contribution in [2.75, 3.05) is 19.7 Å². The van der Waals surface area contributed by atoms with Crippen LogP contribution in [0.4, 0.5) is 13.2 Å². The lowest BCUT2D eigenvalue weighted by Gasteiger charge is -2.34. The fraction of sp³-hybridized carbons (Fsp3) is 0.480. The number of benzene rings is 2. The van der Waals surface area contributed by atoms with Crippen LogP contribution in [0.3, 0.4) is 0 Å². The van der Waals surface area contributed by atoms with Gasteiger partial charge >= 0.3 is 6.18 Å². The van der Waals surface area contributed by atoms with E-state index in [1.54, 1.807) is 6.07 Å². The van der Waals surface area contributed by atoms with Gasteiger partial charge in [0.25, 0.3) is 5.91 Å². The number of carbonyl (C=O) groups excluding carboxylic acids is 1. The van der Waals surface area contributed by atoms with Gasteiger partial charge in [0.1, 0.15) is 6.10 Å². The third kappa shape index (κ3) is 3.86. The Morgan fingerprint density at radius 2 is 1.74 bits per heavy atom. The summed E-state index contributed by atoms with van der Waals surface area (Å²) in [6.45, 7) is 2.22. The first-order chi connectivity index (χ1) is 14.9. The van der Waals surface area contributed by atoms with Gasteiger partial charge in [0, 0.05) is 19.7 Å². The maximum atomic E-state index is 13.3. The molecule has 3 aliphatic rings. The van der Waals surface area contributed by atoms with Crippen LogP contribution in [-0.2, 0) is 15.7 Å². The van der Waals surface area contributed by atoms with Crippen molar-refractivity contribution in [1.82, 2.24) is 4.90 Å². The van der Waals surface area contributed by atoms with Gasteiger partial charge in [-0.05, 0) is 66.2 Å². The number of carbonyl (C=O) groups is 1. The average molecular weight is 429 g/mol. The minimum absolute atomic E-state index is 0.136. The molecule has 0 N–H and O–H groups in total. The molecule has 3 fully saturated rings. The zero-order chi connectivity index (χ0) is 21.6. The summed E-state index contributed by atoms with van der Waals surface area (Å²) in [6.07, 6.45) is 0.213. The van der Waals surface area contributed by atoms with Crippen molar-refractivity contribution in [3.05, 3.63) is 59.7 Å². The van der Waals surface area contributed by atoms with Gasteiger partial charge in [-0.15, -0.1) is 0 Å². The highest BCUT2D eigenvalue weighted by Gasteiger charge is 2.55. The number of nitrogens with zero attached hydrogens (tertiary/aromatic N) is 1. The molecule has 2 atom stereocenters. The summed E-state index contributed by atoms with van der Waals surface area (Å²) in [5.41, 5.74) is 1.62. The zero-order valence-corrected chi connectivity index (χ0v) is 17.3. The number of rotatable bonds is 3. The molecule has 3 nitrogen and oxygen atoms in total. The van der Waals surface area contributed by atoms with E-state index in [1.807, 2.05) is 29.2 Å². The summed E-state index contributed by atoms with van der Waals surface area (Å²) in [5, 5.41) is 0. The van der Waals surface area contributed by atoms with Gasteiger partial charge in [-0.1, -0.05) is 42.5 Å². The second-order valence-corrected chi connectivity index (χ2v) is 9.11. The first-order valence-electron chi connectivity index (χ1n) is 11.0. The second-order valence-electron chi connectivity index (χ2n) is 9.11. The highest BCUT2D eigenvalue weighted by molar-refractivity contribution is 5.81. The van der Waals surface area contributed by atoms with Crippen LogP contribution in [0.15, 0.2) is 48.5 Å². The van der Waals surface area contributed by atoms with Crippen molar-refractivity contribution in [1.29, 1.82) is 0 Å². The molecule has 2 aromatic rings. The topological polar surface area (TPSA) is 29.5 Å². The van der Waals surface area contributed by atoms with E-state index >= 15 is 0 Å². The SMILES string of the molecule is O=C([C@H]1CCCO1)N1CCC2(CC1)C[C@H]2c1ccc(-c2ccccc2C(F)(F)F)cc1. The van der Waals surface area contributed by atoms with Crippen LogP contribution in [-0.4, -0.2) is 36.6 Å². The molecule has 0 radical (unpaired) electrons. The molecular weight excluding hydrogens is 403 g/mol. The van der Waals surface area contributed by atoms with E-state index in [0.717, 1.165) is 51.3 Å². The monoisotopic (exact) mass is 429 g/mol. The Balaban J connectivity index is 1.25. The standard InChI is InChI=1S/C25H26F3NO2/c26-25(27,28)20-5-2-1-4-19(20)17-7-9-18(10-8-17)21-16-24(21)11-13-29(14-12-24)23(30)22-6-3-15-31-22/h1-2,4-5,7-10,21-22H,3,6,11-16H2/t21-,22+/m0/s1. The van der Waals surface area contributed by atoms with E-state index in [9.17, 15) is 18.0 Å². The van der Waals surface area contributed by atoms with Gasteiger partial charge < -0.3 is 9.64 Å². The number of piperidine rings is 1. The lowest BCUT2D eigenvalue weighted by molar-refractivity contribution is -0.142. The van der Waals surface area contributed by atoms with E-state index in [0.29, 0.717) is 18.1 Å². The smallest absolute Gasteiger partial charge is 0.368 e. The van der Waals surface area contributed by atoms with Crippen LogP contribution in [0.1, 0.15) is 49.1 Å². The number of alkyl halides is 3. The first kappa shape index (κ1) is 20.6. The minimum atomic E-state index is -4.37. The van der Waals surface area contributed by atoms with Crippen LogP contribution in [0.5, 0.6) is 0 Å². The largest absolute Gasteiger partial charge is 0.417 e. The van der Waals surface area contributed by atoms with Crippen molar-refractivity contribution in [3.63, 3.8) is 0 Å². The van der Waals surface area contributed by atoms with Gasteiger partial charge in [0.2, 0.25) is 0 Å². The quantitative estimate of drug-likeness (QED) is 0.631. The van der Waals surface area contributed by atoms with Crippen LogP contribution < -0.4 is 0 Å². The third-order valence-electron chi connectivity index (χ3n) is 7.32. The third-order valence-corrected chi connectivity index (χ3v) is 7.32. The Hall–Kier alpha value is -2.34. The van der Waals surface area contributed by atoms with Crippen molar-refractivity contribution < 1.29 is 22.7 Å². The Labute approximate surface area is 180 Å². The molecule has 0 aromatic heterocycles. The van der Waals surface area contributed by atoms with Gasteiger partial charge in [0.05, 0.1) is 5.56 Å². The molecule has 1 amide bonds. The van der Waals surface area contributed by atoms with Gasteiger partial charge in [-0.2, -0.15) is 13.2 Å². The number of hydrogen-bond acceptors (Lipinski definition) is 2. The highest BCUT2D eigenvalue weighted by atomic mass is 19.4. The van der Waals surface area contributed by atoms with E-state index in [4.69, 9.17) is 4.74 Å². The Kier molecular flexibility index (Phi) is 5.08. The molecule has 1 spiro atoms. The van der Waals surface area contributed by atoms with E-state index in [-0.39, 0.29) is 23.0 Å². The maximum absolute atomic E-state index is 13.3. The number of hydrogen-bond donors (Lipinski definition) is 0. The molecule has 2 saturated heterocycles. The van der Waals surface area contributed by atoms with Crippen LogP contribution in [0.25, 0.3) is 11.1 Å². The number of likely N-dealkylation sites (tertiary alicyclic amines) is 1. The van der Waals surface area contributed by atoms with Crippen molar-refractivity contribution in [2.24, 2.45) is 5.41 Å². The molecule has 1 saturated carbocycles. The number of ether oxygens (including phenoxy) is 1. The molecule has 2 aliphatic heterocycles. The number of halogens is 3. The molecule has 6 heteroatoms. The molecule has 0 unspecified atom stereocenters. The van der Waals surface area contributed by atoms with Crippen LogP contribution in [0, 0.1) is 5.41 Å². The maximum Gasteiger partial charge on any atom is 0.417 e. The molecule has 2 heterocycles. The molecule has 0 bridgehead atoms. The summed E-state index contributed by atoms with van der Waals surface area (Å²) >= 11 is 0. The molecule has 2 aromatic carbocycles. The Morgan fingerprint density at radius 1 is 1.03 bits per heavy atom. The second kappa shape index (κ2) is 7.66. The lowest BCUT2D eigenvalue weighted by Crippen LogP contribution is -2.44. The molecule has 31 heavy (non-hydrogen) atoms. The van der Waals surface area contributed by atoms with Crippen LogP contribution >= 0.6 is 0 Å². The predicted octanol–water partition coefficient (Wildman–Crippen LogP) is 5.65. The lowest BCUT2D eigenvalue weighted by atomic mass is 9.88. The highest BCUT2D eigenvalue weighted by Crippen LogP contribution is 2.65.